The molecule has 0 radical (unpaired) electrons. The highest BCUT2D eigenvalue weighted by atomic mass is 16.4. The Hall–Kier alpha value is -1.06. The lowest BCUT2D eigenvalue weighted by Gasteiger charge is -2.29. The van der Waals surface area contributed by atoms with E-state index in [2.05, 4.69) is 0 Å². The number of amides is 1. The van der Waals surface area contributed by atoms with E-state index in [-0.39, 0.29) is 5.91 Å². The first-order valence-electron chi connectivity index (χ1n) is 5.71. The molecule has 0 aromatic carbocycles. The molecule has 0 aromatic heterocycles. The summed E-state index contributed by atoms with van der Waals surface area (Å²) in [6.45, 7) is 6.05. The summed E-state index contributed by atoms with van der Waals surface area (Å²) in [5.41, 5.74) is -0.541. The maximum Gasteiger partial charge on any atom is 0.316 e. The Labute approximate surface area is 96.6 Å². The van der Waals surface area contributed by atoms with Gasteiger partial charge in [0.15, 0.2) is 0 Å². The van der Waals surface area contributed by atoms with Crippen molar-refractivity contribution in [3.8, 4) is 0 Å². The van der Waals surface area contributed by atoms with Crippen LogP contribution < -0.4 is 0 Å². The average molecular weight is 227 g/mol. The summed E-state index contributed by atoms with van der Waals surface area (Å²) in [5, 5.41) is 9.13. The quantitative estimate of drug-likeness (QED) is 0.742. The van der Waals surface area contributed by atoms with Crippen LogP contribution in [0.2, 0.25) is 0 Å². The lowest BCUT2D eigenvalue weighted by molar-refractivity contribution is -0.155. The van der Waals surface area contributed by atoms with Gasteiger partial charge in [0.1, 0.15) is 5.92 Å². The molecule has 16 heavy (non-hydrogen) atoms. The second kappa shape index (κ2) is 4.44. The smallest absolute Gasteiger partial charge is 0.316 e. The number of carbonyl (C=O) groups is 2. The molecule has 1 aliphatic rings. The van der Waals surface area contributed by atoms with Crippen LogP contribution in [0.5, 0.6) is 0 Å². The monoisotopic (exact) mass is 227 g/mol. The number of carbonyl (C=O) groups excluding carboxylic acids is 1. The molecule has 0 aromatic rings. The number of hydrogen-bond acceptors (Lipinski definition) is 2. The summed E-state index contributed by atoms with van der Waals surface area (Å²) >= 11 is 0. The van der Waals surface area contributed by atoms with Gasteiger partial charge in [0.25, 0.3) is 0 Å². The minimum Gasteiger partial charge on any atom is -0.481 e. The third kappa shape index (κ3) is 3.22. The molecule has 1 saturated carbocycles. The van der Waals surface area contributed by atoms with Gasteiger partial charge in [-0.05, 0) is 24.2 Å². The molecule has 92 valence electrons. The maximum absolute atomic E-state index is 12.0. The van der Waals surface area contributed by atoms with Crippen molar-refractivity contribution in [3.63, 3.8) is 0 Å². The molecular weight excluding hydrogens is 206 g/mol. The normalized spacial score (nSPS) is 18.0. The second-order valence-electron chi connectivity index (χ2n) is 5.80. The van der Waals surface area contributed by atoms with E-state index in [1.807, 2.05) is 0 Å². The van der Waals surface area contributed by atoms with Crippen LogP contribution in [-0.2, 0) is 9.59 Å². The predicted octanol–water partition coefficient (Wildman–Crippen LogP) is 1.60. The number of carboxylic acid groups (broad SMARTS) is 1. The van der Waals surface area contributed by atoms with Crippen molar-refractivity contribution in [3.05, 3.63) is 0 Å². The molecular formula is C12H21NO3. The summed E-state index contributed by atoms with van der Waals surface area (Å²) in [5.74, 6) is -1.66. The third-order valence-corrected chi connectivity index (χ3v) is 2.97. The van der Waals surface area contributed by atoms with E-state index in [0.717, 1.165) is 12.8 Å². The van der Waals surface area contributed by atoms with Gasteiger partial charge in [0.05, 0.1) is 0 Å². The predicted molar refractivity (Wildman–Crippen MR) is 60.9 cm³/mol. The standard InChI is InChI=1S/C12H21NO3/c1-12(2,3)9(11(15)16)10(14)13(4)7-8-5-6-8/h8-9H,5-7H2,1-4H3,(H,15,16). The molecule has 4 heteroatoms. The van der Waals surface area contributed by atoms with Gasteiger partial charge >= 0.3 is 5.97 Å². The highest BCUT2D eigenvalue weighted by Crippen LogP contribution is 2.32. The Morgan fingerprint density at radius 1 is 1.38 bits per heavy atom. The van der Waals surface area contributed by atoms with E-state index >= 15 is 0 Å². The van der Waals surface area contributed by atoms with Crippen molar-refractivity contribution in [2.45, 2.75) is 33.6 Å². The van der Waals surface area contributed by atoms with Gasteiger partial charge in [-0.15, -0.1) is 0 Å². The molecule has 1 aliphatic carbocycles. The van der Waals surface area contributed by atoms with Crippen molar-refractivity contribution in [1.29, 1.82) is 0 Å². The SMILES string of the molecule is CN(CC1CC1)C(=O)C(C(=O)O)C(C)(C)C. The minimum absolute atomic E-state index is 0.271. The van der Waals surface area contributed by atoms with E-state index in [4.69, 9.17) is 5.11 Å². The van der Waals surface area contributed by atoms with E-state index in [1.165, 1.54) is 0 Å². The summed E-state index contributed by atoms with van der Waals surface area (Å²) in [6.07, 6.45) is 2.32. The van der Waals surface area contributed by atoms with Crippen LogP contribution in [0, 0.1) is 17.3 Å². The number of aliphatic carboxylic acids is 1. The van der Waals surface area contributed by atoms with Gasteiger partial charge in [-0.3, -0.25) is 9.59 Å². The Kier molecular flexibility index (Phi) is 3.61. The van der Waals surface area contributed by atoms with Gasteiger partial charge in [-0.2, -0.15) is 0 Å². The molecule has 1 amide bonds. The van der Waals surface area contributed by atoms with Crippen LogP contribution in [0.1, 0.15) is 33.6 Å². The highest BCUT2D eigenvalue weighted by molar-refractivity contribution is 5.97. The van der Waals surface area contributed by atoms with E-state index in [9.17, 15) is 9.59 Å². The Bertz CT molecular complexity index is 289. The fourth-order valence-corrected chi connectivity index (χ4v) is 1.84. The van der Waals surface area contributed by atoms with Crippen LogP contribution in [0.25, 0.3) is 0 Å². The van der Waals surface area contributed by atoms with E-state index in [1.54, 1.807) is 32.7 Å². The van der Waals surface area contributed by atoms with Crippen molar-refractivity contribution in [2.24, 2.45) is 17.3 Å². The summed E-state index contributed by atoms with van der Waals surface area (Å²) in [4.78, 5) is 24.8. The zero-order valence-corrected chi connectivity index (χ0v) is 10.5. The first-order valence-corrected chi connectivity index (χ1v) is 5.71. The number of nitrogens with zero attached hydrogens (tertiary/aromatic N) is 1. The molecule has 0 heterocycles. The van der Waals surface area contributed by atoms with Gasteiger partial charge in [-0.25, -0.2) is 0 Å². The molecule has 0 aliphatic heterocycles. The largest absolute Gasteiger partial charge is 0.481 e. The summed E-state index contributed by atoms with van der Waals surface area (Å²) in [6, 6.07) is 0. The number of rotatable bonds is 4. The Morgan fingerprint density at radius 3 is 2.19 bits per heavy atom. The average Bonchev–Trinajstić information content (AvgIpc) is 2.84. The molecule has 0 spiro atoms. The zero-order chi connectivity index (χ0) is 12.5. The molecule has 1 unspecified atom stereocenters. The fourth-order valence-electron chi connectivity index (χ4n) is 1.84. The van der Waals surface area contributed by atoms with Crippen LogP contribution in [0.15, 0.2) is 0 Å². The highest BCUT2D eigenvalue weighted by Gasteiger charge is 2.40. The van der Waals surface area contributed by atoms with Gasteiger partial charge in [-0.1, -0.05) is 20.8 Å². The van der Waals surface area contributed by atoms with Gasteiger partial charge in [0.2, 0.25) is 5.91 Å². The Balaban J connectivity index is 2.69. The topological polar surface area (TPSA) is 57.6 Å². The van der Waals surface area contributed by atoms with Crippen molar-refractivity contribution < 1.29 is 14.7 Å². The van der Waals surface area contributed by atoms with Crippen molar-refractivity contribution >= 4 is 11.9 Å². The minimum atomic E-state index is -1.03. The van der Waals surface area contributed by atoms with Crippen LogP contribution in [0.3, 0.4) is 0 Å². The van der Waals surface area contributed by atoms with Crippen molar-refractivity contribution in [1.82, 2.24) is 4.90 Å². The summed E-state index contributed by atoms with van der Waals surface area (Å²) in [7, 11) is 1.70. The van der Waals surface area contributed by atoms with Crippen LogP contribution in [0.4, 0.5) is 0 Å². The van der Waals surface area contributed by atoms with Gasteiger partial charge < -0.3 is 10.0 Å². The lowest BCUT2D eigenvalue weighted by atomic mass is 9.80. The molecule has 1 fully saturated rings. The first-order chi connectivity index (χ1) is 7.23. The molecule has 1 atom stereocenters. The second-order valence-corrected chi connectivity index (χ2v) is 5.80. The fraction of sp³-hybridized carbons (Fsp3) is 0.833. The Morgan fingerprint density at radius 2 is 1.88 bits per heavy atom. The first kappa shape index (κ1) is 13.0. The van der Waals surface area contributed by atoms with Crippen LogP contribution in [-0.4, -0.2) is 35.5 Å². The van der Waals surface area contributed by atoms with Gasteiger partial charge in [0, 0.05) is 13.6 Å². The molecule has 1 rings (SSSR count). The van der Waals surface area contributed by atoms with Crippen LogP contribution >= 0.6 is 0 Å². The third-order valence-electron chi connectivity index (χ3n) is 2.97. The van der Waals surface area contributed by atoms with E-state index in [0.29, 0.717) is 12.5 Å². The van der Waals surface area contributed by atoms with Crippen molar-refractivity contribution in [2.75, 3.05) is 13.6 Å². The molecule has 0 bridgehead atoms. The molecule has 4 nitrogen and oxygen atoms in total. The maximum atomic E-state index is 12.0. The lowest BCUT2D eigenvalue weighted by Crippen LogP contribution is -2.44. The number of carboxylic acids is 1. The number of hydrogen-bond donors (Lipinski definition) is 1. The summed E-state index contributed by atoms with van der Waals surface area (Å²) < 4.78 is 0. The molecule has 0 saturated heterocycles. The zero-order valence-electron chi connectivity index (χ0n) is 10.5. The molecule has 1 N–H and O–H groups in total. The van der Waals surface area contributed by atoms with E-state index < -0.39 is 17.3 Å².